The lowest BCUT2D eigenvalue weighted by Gasteiger charge is -2.38. The van der Waals surface area contributed by atoms with Crippen LogP contribution in [-0.4, -0.2) is 24.7 Å². The van der Waals surface area contributed by atoms with Crippen LogP contribution in [0.1, 0.15) is 52.4 Å². The molecule has 2 fully saturated rings. The number of nitrogens with one attached hydrogen (secondary N) is 1. The minimum absolute atomic E-state index is 0.0244. The Bertz CT molecular complexity index is 279. The van der Waals surface area contributed by atoms with E-state index in [1.807, 2.05) is 6.92 Å². The maximum absolute atomic E-state index is 11.8. The van der Waals surface area contributed by atoms with Crippen LogP contribution >= 0.6 is 0 Å². The first-order valence-corrected chi connectivity index (χ1v) is 7.11. The van der Waals surface area contributed by atoms with Crippen molar-refractivity contribution in [1.82, 2.24) is 5.32 Å². The van der Waals surface area contributed by atoms with Gasteiger partial charge in [0.15, 0.2) is 0 Å². The number of hydrogen-bond acceptors (Lipinski definition) is 3. The van der Waals surface area contributed by atoms with E-state index in [1.54, 1.807) is 0 Å². The second kappa shape index (κ2) is 5.38. The first-order valence-electron chi connectivity index (χ1n) is 7.11. The van der Waals surface area contributed by atoms with Crippen LogP contribution in [0.3, 0.4) is 0 Å². The summed E-state index contributed by atoms with van der Waals surface area (Å²) in [5, 5.41) is 3.66. The van der Waals surface area contributed by atoms with E-state index < -0.39 is 0 Å². The van der Waals surface area contributed by atoms with Crippen molar-refractivity contribution in [1.29, 1.82) is 0 Å². The number of esters is 1. The summed E-state index contributed by atoms with van der Waals surface area (Å²) in [6.07, 6.45) is 6.85. The molecule has 2 rings (SSSR count). The van der Waals surface area contributed by atoms with Crippen LogP contribution < -0.4 is 5.32 Å². The molecule has 98 valence electrons. The Morgan fingerprint density at radius 1 is 1.41 bits per heavy atom. The zero-order valence-corrected chi connectivity index (χ0v) is 11.1. The fourth-order valence-corrected chi connectivity index (χ4v) is 3.78. The average Bonchev–Trinajstić information content (AvgIpc) is 2.87. The highest BCUT2D eigenvalue weighted by Gasteiger charge is 2.51. The number of rotatable bonds is 6. The third-order valence-corrected chi connectivity index (χ3v) is 4.47. The largest absolute Gasteiger partial charge is 0.466 e. The zero-order valence-electron chi connectivity index (χ0n) is 11.1. The van der Waals surface area contributed by atoms with Gasteiger partial charge in [-0.15, -0.1) is 0 Å². The lowest BCUT2D eigenvalue weighted by Crippen LogP contribution is -2.51. The topological polar surface area (TPSA) is 38.3 Å². The lowest BCUT2D eigenvalue weighted by atomic mass is 9.78. The maximum Gasteiger partial charge on any atom is 0.307 e. The third kappa shape index (κ3) is 2.65. The first-order chi connectivity index (χ1) is 8.20. The summed E-state index contributed by atoms with van der Waals surface area (Å²) in [6.45, 7) is 5.57. The molecule has 1 N–H and O–H groups in total. The van der Waals surface area contributed by atoms with Gasteiger partial charge in [0.25, 0.3) is 0 Å². The number of carbonyl (C=O) groups is 1. The summed E-state index contributed by atoms with van der Waals surface area (Å²) in [5.74, 6) is 1.52. The van der Waals surface area contributed by atoms with Crippen molar-refractivity contribution in [2.75, 3.05) is 13.2 Å². The maximum atomic E-state index is 11.8. The van der Waals surface area contributed by atoms with Crippen LogP contribution in [-0.2, 0) is 9.53 Å². The van der Waals surface area contributed by atoms with Gasteiger partial charge in [-0.1, -0.05) is 13.3 Å². The molecule has 0 spiro atoms. The molecule has 0 aromatic carbocycles. The van der Waals surface area contributed by atoms with Crippen LogP contribution in [0, 0.1) is 11.8 Å². The van der Waals surface area contributed by atoms with E-state index >= 15 is 0 Å². The Labute approximate surface area is 104 Å². The molecule has 3 atom stereocenters. The van der Waals surface area contributed by atoms with Crippen molar-refractivity contribution in [3.8, 4) is 0 Å². The van der Waals surface area contributed by atoms with Gasteiger partial charge in [0.05, 0.1) is 13.0 Å². The molecule has 0 aromatic heterocycles. The monoisotopic (exact) mass is 239 g/mol. The molecule has 0 heterocycles. The van der Waals surface area contributed by atoms with Gasteiger partial charge in [0.1, 0.15) is 0 Å². The van der Waals surface area contributed by atoms with Gasteiger partial charge in [-0.3, -0.25) is 4.79 Å². The van der Waals surface area contributed by atoms with E-state index in [0.717, 1.165) is 18.9 Å². The van der Waals surface area contributed by atoms with Gasteiger partial charge in [-0.25, -0.2) is 0 Å². The predicted octanol–water partition coefficient (Wildman–Crippen LogP) is 2.50. The van der Waals surface area contributed by atoms with Gasteiger partial charge in [-0.05, 0) is 51.0 Å². The third-order valence-electron chi connectivity index (χ3n) is 4.47. The van der Waals surface area contributed by atoms with Crippen molar-refractivity contribution in [2.24, 2.45) is 11.8 Å². The number of ether oxygens (including phenoxy) is 1. The standard InChI is InChI=1S/C14H25NO2/c1-3-7-15-14(10-13(16)17-4-2)9-11-5-6-12(14)8-11/h11-12,15H,3-10H2,1-2H3. The van der Waals surface area contributed by atoms with Crippen molar-refractivity contribution >= 4 is 5.97 Å². The van der Waals surface area contributed by atoms with Crippen LogP contribution in [0.25, 0.3) is 0 Å². The lowest BCUT2D eigenvalue weighted by molar-refractivity contribution is -0.145. The summed E-state index contributed by atoms with van der Waals surface area (Å²) in [5.41, 5.74) is 0.0607. The Balaban J connectivity index is 2.00. The molecule has 0 amide bonds. The second-order valence-electron chi connectivity index (χ2n) is 5.64. The van der Waals surface area contributed by atoms with Crippen LogP contribution in [0.15, 0.2) is 0 Å². The fourth-order valence-electron chi connectivity index (χ4n) is 3.78. The van der Waals surface area contributed by atoms with E-state index in [4.69, 9.17) is 4.74 Å². The van der Waals surface area contributed by atoms with Crippen molar-refractivity contribution in [2.45, 2.75) is 57.9 Å². The molecule has 3 unspecified atom stereocenters. The molecular formula is C14H25NO2. The molecule has 2 aliphatic rings. The van der Waals surface area contributed by atoms with Crippen LogP contribution in [0.2, 0.25) is 0 Å². The van der Waals surface area contributed by atoms with E-state index in [1.165, 1.54) is 25.7 Å². The Kier molecular flexibility index (Phi) is 4.08. The highest BCUT2D eigenvalue weighted by atomic mass is 16.5. The van der Waals surface area contributed by atoms with Gasteiger partial charge in [-0.2, -0.15) is 0 Å². The fraction of sp³-hybridized carbons (Fsp3) is 0.929. The molecule has 2 saturated carbocycles. The number of carbonyl (C=O) groups excluding carboxylic acids is 1. The van der Waals surface area contributed by atoms with Crippen LogP contribution in [0.4, 0.5) is 0 Å². The summed E-state index contributed by atoms with van der Waals surface area (Å²) in [6, 6.07) is 0. The van der Waals surface area contributed by atoms with Gasteiger partial charge in [0, 0.05) is 5.54 Å². The van der Waals surface area contributed by atoms with Gasteiger partial charge >= 0.3 is 5.97 Å². The zero-order chi connectivity index (χ0) is 12.3. The molecule has 0 aromatic rings. The molecule has 17 heavy (non-hydrogen) atoms. The summed E-state index contributed by atoms with van der Waals surface area (Å²) >= 11 is 0. The van der Waals surface area contributed by atoms with E-state index in [9.17, 15) is 4.79 Å². The molecule has 0 radical (unpaired) electrons. The van der Waals surface area contributed by atoms with Gasteiger partial charge in [0.2, 0.25) is 0 Å². The minimum atomic E-state index is -0.0244. The Hall–Kier alpha value is -0.570. The summed E-state index contributed by atoms with van der Waals surface area (Å²) in [4.78, 5) is 11.8. The van der Waals surface area contributed by atoms with Crippen molar-refractivity contribution in [3.05, 3.63) is 0 Å². The van der Waals surface area contributed by atoms with E-state index in [2.05, 4.69) is 12.2 Å². The van der Waals surface area contributed by atoms with Crippen molar-refractivity contribution < 1.29 is 9.53 Å². The Morgan fingerprint density at radius 3 is 2.76 bits per heavy atom. The average molecular weight is 239 g/mol. The SMILES string of the molecule is CCCNC1(CC(=O)OCC)CC2CCC1C2. The molecule has 2 aliphatic carbocycles. The first kappa shape index (κ1) is 12.9. The summed E-state index contributed by atoms with van der Waals surface area (Å²) < 4.78 is 5.14. The Morgan fingerprint density at radius 2 is 2.24 bits per heavy atom. The highest BCUT2D eigenvalue weighted by molar-refractivity contribution is 5.71. The molecule has 0 aliphatic heterocycles. The number of hydrogen-bond donors (Lipinski definition) is 1. The van der Waals surface area contributed by atoms with Gasteiger partial charge < -0.3 is 10.1 Å². The summed E-state index contributed by atoms with van der Waals surface area (Å²) in [7, 11) is 0. The van der Waals surface area contributed by atoms with Crippen molar-refractivity contribution in [3.63, 3.8) is 0 Å². The normalized spacial score (nSPS) is 35.2. The highest BCUT2D eigenvalue weighted by Crippen LogP contribution is 2.52. The molecular weight excluding hydrogens is 214 g/mol. The smallest absolute Gasteiger partial charge is 0.307 e. The quantitative estimate of drug-likeness (QED) is 0.724. The number of fused-ring (bicyclic) bond motifs is 2. The molecule has 2 bridgehead atoms. The molecule has 3 heteroatoms. The second-order valence-corrected chi connectivity index (χ2v) is 5.64. The van der Waals surface area contributed by atoms with E-state index in [-0.39, 0.29) is 11.5 Å². The minimum Gasteiger partial charge on any atom is -0.466 e. The van der Waals surface area contributed by atoms with E-state index in [0.29, 0.717) is 18.9 Å². The predicted molar refractivity (Wildman–Crippen MR) is 67.7 cm³/mol. The molecule has 3 nitrogen and oxygen atoms in total. The molecule has 0 saturated heterocycles. The van der Waals surface area contributed by atoms with Crippen LogP contribution in [0.5, 0.6) is 0 Å².